The minimum absolute atomic E-state index is 0.426. The van der Waals surface area contributed by atoms with E-state index in [9.17, 15) is 9.59 Å². The molecule has 0 aliphatic carbocycles. The van der Waals surface area contributed by atoms with Gasteiger partial charge in [0, 0.05) is 0 Å². The van der Waals surface area contributed by atoms with Crippen molar-refractivity contribution in [2.75, 3.05) is 0 Å². The summed E-state index contributed by atoms with van der Waals surface area (Å²) < 4.78 is 0. The average molecular weight is 172 g/mol. The van der Waals surface area contributed by atoms with Crippen LogP contribution in [-0.2, 0) is 9.59 Å². The van der Waals surface area contributed by atoms with Crippen molar-refractivity contribution in [1.29, 1.82) is 0 Å². The summed E-state index contributed by atoms with van der Waals surface area (Å²) in [6, 6.07) is 4.88. The highest BCUT2D eigenvalue weighted by atomic mass is 16.1. The Balaban J connectivity index is 3.25. The van der Waals surface area contributed by atoms with Crippen LogP contribution in [-0.4, -0.2) is 20.0 Å². The standard InChI is InChI=1S/C8H5BN2O2/c9-7-2-1-6(10-4-12)3-8(7)11-5-13/h1-3H,9H2. The molecule has 0 atom stereocenters. The van der Waals surface area contributed by atoms with Gasteiger partial charge in [-0.1, -0.05) is 11.5 Å². The molecule has 0 fully saturated rings. The van der Waals surface area contributed by atoms with Crippen LogP contribution in [0.15, 0.2) is 28.2 Å². The lowest BCUT2D eigenvalue weighted by molar-refractivity contribution is 0.565. The van der Waals surface area contributed by atoms with Gasteiger partial charge in [-0.05, 0) is 12.1 Å². The van der Waals surface area contributed by atoms with Gasteiger partial charge < -0.3 is 0 Å². The van der Waals surface area contributed by atoms with Gasteiger partial charge in [0.25, 0.3) is 0 Å². The van der Waals surface area contributed by atoms with E-state index < -0.39 is 0 Å². The highest BCUT2D eigenvalue weighted by Crippen LogP contribution is 2.16. The average Bonchev–Trinajstić information content (AvgIpc) is 2.12. The predicted molar refractivity (Wildman–Crippen MR) is 50.2 cm³/mol. The second-order valence-corrected chi connectivity index (χ2v) is 2.38. The van der Waals surface area contributed by atoms with Crippen molar-refractivity contribution in [2.24, 2.45) is 9.98 Å². The summed E-state index contributed by atoms with van der Waals surface area (Å²) in [7, 11) is 1.80. The number of benzene rings is 1. The summed E-state index contributed by atoms with van der Waals surface area (Å²) in [6.07, 6.45) is 2.84. The summed E-state index contributed by atoms with van der Waals surface area (Å²) in [4.78, 5) is 26.8. The van der Waals surface area contributed by atoms with Crippen molar-refractivity contribution in [2.45, 2.75) is 0 Å². The Morgan fingerprint density at radius 3 is 2.46 bits per heavy atom. The van der Waals surface area contributed by atoms with Gasteiger partial charge in [-0.2, -0.15) is 9.98 Å². The summed E-state index contributed by atoms with van der Waals surface area (Å²) in [5.74, 6) is 0. The summed E-state index contributed by atoms with van der Waals surface area (Å²) in [5, 5.41) is 0. The number of rotatable bonds is 2. The van der Waals surface area contributed by atoms with Gasteiger partial charge in [0.15, 0.2) is 0 Å². The summed E-state index contributed by atoms with van der Waals surface area (Å²) >= 11 is 0. The Morgan fingerprint density at radius 1 is 1.15 bits per heavy atom. The van der Waals surface area contributed by atoms with Crippen LogP contribution < -0.4 is 5.46 Å². The van der Waals surface area contributed by atoms with Crippen LogP contribution in [0.1, 0.15) is 0 Å². The molecule has 5 heteroatoms. The lowest BCUT2D eigenvalue weighted by atomic mass is 9.94. The molecule has 0 saturated heterocycles. The quantitative estimate of drug-likeness (QED) is 0.354. The first-order valence-electron chi connectivity index (χ1n) is 3.54. The molecule has 0 spiro atoms. The van der Waals surface area contributed by atoms with Crippen LogP contribution in [0.4, 0.5) is 11.4 Å². The fraction of sp³-hybridized carbons (Fsp3) is 0. The highest BCUT2D eigenvalue weighted by molar-refractivity contribution is 6.35. The number of isocyanates is 2. The van der Waals surface area contributed by atoms with E-state index in [1.807, 2.05) is 0 Å². The number of hydrogen-bond acceptors (Lipinski definition) is 4. The van der Waals surface area contributed by atoms with E-state index in [1.165, 1.54) is 18.2 Å². The lowest BCUT2D eigenvalue weighted by Gasteiger charge is -1.97. The van der Waals surface area contributed by atoms with E-state index in [2.05, 4.69) is 9.98 Å². The number of hydrogen-bond donors (Lipinski definition) is 0. The van der Waals surface area contributed by atoms with Crippen molar-refractivity contribution in [1.82, 2.24) is 0 Å². The van der Waals surface area contributed by atoms with Gasteiger partial charge in [0.1, 0.15) is 7.85 Å². The van der Waals surface area contributed by atoms with Crippen LogP contribution in [0.2, 0.25) is 0 Å². The normalized spacial score (nSPS) is 8.31. The minimum atomic E-state index is 0.426. The highest BCUT2D eigenvalue weighted by Gasteiger charge is 1.97. The van der Waals surface area contributed by atoms with Crippen molar-refractivity contribution < 1.29 is 9.59 Å². The van der Waals surface area contributed by atoms with Gasteiger partial charge in [0.2, 0.25) is 12.2 Å². The molecule has 4 nitrogen and oxygen atoms in total. The molecule has 62 valence electrons. The van der Waals surface area contributed by atoms with Crippen LogP contribution in [0, 0.1) is 0 Å². The molecule has 0 aliphatic rings. The third-order valence-corrected chi connectivity index (χ3v) is 1.53. The maximum Gasteiger partial charge on any atom is 0.240 e. The molecule has 0 bridgehead atoms. The van der Waals surface area contributed by atoms with Gasteiger partial charge in [-0.15, -0.1) is 0 Å². The second-order valence-electron chi connectivity index (χ2n) is 2.38. The molecule has 0 aromatic heterocycles. The SMILES string of the molecule is Bc1ccc(N=C=O)cc1N=C=O. The van der Waals surface area contributed by atoms with Gasteiger partial charge in [-0.3, -0.25) is 0 Å². The third-order valence-electron chi connectivity index (χ3n) is 1.53. The number of nitrogens with zero attached hydrogens (tertiary/aromatic N) is 2. The topological polar surface area (TPSA) is 58.9 Å². The Kier molecular flexibility index (Phi) is 2.93. The molecule has 1 aromatic rings. The van der Waals surface area contributed by atoms with Crippen LogP contribution in [0.5, 0.6) is 0 Å². The van der Waals surface area contributed by atoms with E-state index in [-0.39, 0.29) is 0 Å². The third kappa shape index (κ3) is 2.24. The Morgan fingerprint density at radius 2 is 1.85 bits per heavy atom. The Labute approximate surface area is 75.4 Å². The van der Waals surface area contributed by atoms with Gasteiger partial charge in [0.05, 0.1) is 11.4 Å². The molecule has 1 aromatic carbocycles. The van der Waals surface area contributed by atoms with E-state index in [0.29, 0.717) is 11.4 Å². The predicted octanol–water partition coefficient (Wildman–Crippen LogP) is -0.120. The molecular weight excluding hydrogens is 167 g/mol. The first-order chi connectivity index (χ1) is 6.27. The molecule has 13 heavy (non-hydrogen) atoms. The lowest BCUT2D eigenvalue weighted by Crippen LogP contribution is -2.00. The minimum Gasteiger partial charge on any atom is -0.211 e. The Hall–Kier alpha value is -1.96. The van der Waals surface area contributed by atoms with Crippen LogP contribution in [0.25, 0.3) is 0 Å². The largest absolute Gasteiger partial charge is 0.240 e. The fourth-order valence-electron chi connectivity index (χ4n) is 0.890. The monoisotopic (exact) mass is 172 g/mol. The molecule has 0 heterocycles. The molecule has 0 aliphatic heterocycles. The summed E-state index contributed by atoms with van der Waals surface area (Å²) in [6.45, 7) is 0. The number of carbonyl (C=O) groups excluding carboxylic acids is 2. The first kappa shape index (κ1) is 9.14. The van der Waals surface area contributed by atoms with E-state index >= 15 is 0 Å². The zero-order chi connectivity index (χ0) is 9.68. The maximum atomic E-state index is 10.00. The molecule has 1 rings (SSSR count). The maximum absolute atomic E-state index is 10.00. The fourth-order valence-corrected chi connectivity index (χ4v) is 0.890. The van der Waals surface area contributed by atoms with Gasteiger partial charge >= 0.3 is 0 Å². The molecule has 0 radical (unpaired) electrons. The first-order valence-corrected chi connectivity index (χ1v) is 3.54. The zero-order valence-electron chi connectivity index (χ0n) is 6.94. The van der Waals surface area contributed by atoms with Crippen molar-refractivity contribution in [3.05, 3.63) is 18.2 Å². The number of aliphatic imine (C=N–C) groups is 2. The van der Waals surface area contributed by atoms with Crippen molar-refractivity contribution in [3.63, 3.8) is 0 Å². The molecule has 0 N–H and O–H groups in total. The molecule has 0 amide bonds. The van der Waals surface area contributed by atoms with E-state index in [1.54, 1.807) is 20.0 Å². The van der Waals surface area contributed by atoms with E-state index in [0.717, 1.165) is 5.46 Å². The Bertz CT molecular complexity index is 418. The van der Waals surface area contributed by atoms with Crippen molar-refractivity contribution in [3.8, 4) is 0 Å². The van der Waals surface area contributed by atoms with Crippen molar-refractivity contribution >= 4 is 36.8 Å². The summed E-state index contributed by atoms with van der Waals surface area (Å²) in [5.41, 5.74) is 1.72. The zero-order valence-corrected chi connectivity index (χ0v) is 6.94. The molecule has 0 saturated carbocycles. The molecular formula is C8H5BN2O2. The smallest absolute Gasteiger partial charge is 0.211 e. The van der Waals surface area contributed by atoms with Gasteiger partial charge in [-0.25, -0.2) is 9.59 Å². The van der Waals surface area contributed by atoms with E-state index in [4.69, 9.17) is 0 Å². The van der Waals surface area contributed by atoms with Crippen LogP contribution in [0.3, 0.4) is 0 Å². The van der Waals surface area contributed by atoms with Crippen LogP contribution >= 0.6 is 0 Å². The second kappa shape index (κ2) is 4.17. The molecule has 0 unspecified atom stereocenters.